The summed E-state index contributed by atoms with van der Waals surface area (Å²) in [7, 11) is 0. The predicted molar refractivity (Wildman–Crippen MR) is 122 cm³/mol. The van der Waals surface area contributed by atoms with E-state index in [1.165, 1.54) is 0 Å². The first-order valence-corrected chi connectivity index (χ1v) is 11.3. The Kier molecular flexibility index (Phi) is 4.63. The second-order valence-electron chi connectivity index (χ2n) is 8.97. The van der Waals surface area contributed by atoms with Crippen molar-refractivity contribution in [3.8, 4) is 11.3 Å². The van der Waals surface area contributed by atoms with Crippen LogP contribution in [0.1, 0.15) is 42.1 Å². The van der Waals surface area contributed by atoms with Crippen LogP contribution < -0.4 is 15.1 Å². The van der Waals surface area contributed by atoms with E-state index in [9.17, 15) is 9.59 Å². The molecule has 1 atom stereocenters. The van der Waals surface area contributed by atoms with Crippen molar-refractivity contribution in [1.29, 1.82) is 0 Å². The monoisotopic (exact) mass is 444 g/mol. The minimum Gasteiger partial charge on any atom is -0.441 e. The average Bonchev–Trinajstić information content (AvgIpc) is 3.36. The van der Waals surface area contributed by atoms with Crippen molar-refractivity contribution in [3.05, 3.63) is 48.2 Å². The number of aromatic nitrogens is 3. The molecule has 0 unspecified atom stereocenters. The van der Waals surface area contributed by atoms with Crippen LogP contribution >= 0.6 is 0 Å². The molecular formula is C24H24N6O3. The molecule has 2 aliphatic heterocycles. The summed E-state index contributed by atoms with van der Waals surface area (Å²) in [6, 6.07) is 6.98. The molecule has 168 valence electrons. The van der Waals surface area contributed by atoms with Gasteiger partial charge >= 0.3 is 6.03 Å². The highest BCUT2D eigenvalue weighted by Crippen LogP contribution is 2.40. The normalized spacial score (nSPS) is 18.9. The number of hydrogen-bond donors (Lipinski definition) is 1. The molecule has 9 heteroatoms. The van der Waals surface area contributed by atoms with Crippen molar-refractivity contribution in [2.45, 2.75) is 38.6 Å². The summed E-state index contributed by atoms with van der Waals surface area (Å²) in [6.07, 6.45) is 6.87. The summed E-state index contributed by atoms with van der Waals surface area (Å²) in [5.74, 6) is 2.67. The number of nitrogens with one attached hydrogen (secondary N) is 1. The van der Waals surface area contributed by atoms with Gasteiger partial charge in [0, 0.05) is 38.2 Å². The van der Waals surface area contributed by atoms with Gasteiger partial charge in [-0.25, -0.2) is 19.7 Å². The van der Waals surface area contributed by atoms with Gasteiger partial charge in [-0.1, -0.05) is 0 Å². The van der Waals surface area contributed by atoms with E-state index in [0.29, 0.717) is 41.3 Å². The lowest BCUT2D eigenvalue weighted by atomic mass is 10.1. The molecule has 2 amide bonds. The van der Waals surface area contributed by atoms with E-state index in [1.54, 1.807) is 42.4 Å². The quantitative estimate of drug-likeness (QED) is 0.592. The molecule has 2 fully saturated rings. The smallest absolute Gasteiger partial charge is 0.329 e. The maximum absolute atomic E-state index is 13.4. The maximum atomic E-state index is 13.4. The average molecular weight is 444 g/mol. The number of pyridine rings is 2. The summed E-state index contributed by atoms with van der Waals surface area (Å²) in [6.45, 7) is 3.39. The summed E-state index contributed by atoms with van der Waals surface area (Å²) >= 11 is 0. The molecule has 1 aliphatic carbocycles. The van der Waals surface area contributed by atoms with Gasteiger partial charge in [-0.05, 0) is 49.4 Å². The van der Waals surface area contributed by atoms with E-state index >= 15 is 0 Å². The number of anilines is 3. The van der Waals surface area contributed by atoms with Crippen molar-refractivity contribution in [2.75, 3.05) is 28.2 Å². The highest BCUT2D eigenvalue weighted by atomic mass is 16.4. The molecule has 33 heavy (non-hydrogen) atoms. The Morgan fingerprint density at radius 3 is 2.85 bits per heavy atom. The lowest BCUT2D eigenvalue weighted by Gasteiger charge is -2.35. The van der Waals surface area contributed by atoms with Gasteiger partial charge in [0.05, 0.1) is 17.9 Å². The number of carbonyl (C=O) groups excluding carboxylic acids is 2. The van der Waals surface area contributed by atoms with Gasteiger partial charge < -0.3 is 9.32 Å². The zero-order valence-electron chi connectivity index (χ0n) is 18.3. The highest BCUT2D eigenvalue weighted by molar-refractivity contribution is 6.05. The third kappa shape index (κ3) is 3.73. The Labute approximate surface area is 190 Å². The number of urea groups is 1. The van der Waals surface area contributed by atoms with E-state index in [0.717, 1.165) is 43.6 Å². The third-order valence-electron chi connectivity index (χ3n) is 6.53. The Morgan fingerprint density at radius 1 is 1.18 bits per heavy atom. The topological polar surface area (TPSA) is 104 Å². The molecule has 3 aromatic rings. The second kappa shape index (κ2) is 7.68. The van der Waals surface area contributed by atoms with Gasteiger partial charge in [0.25, 0.3) is 0 Å². The largest absolute Gasteiger partial charge is 0.441 e. The van der Waals surface area contributed by atoms with Crippen LogP contribution in [-0.4, -0.2) is 45.9 Å². The van der Waals surface area contributed by atoms with E-state index in [2.05, 4.69) is 25.2 Å². The highest BCUT2D eigenvalue weighted by Gasteiger charge is 2.40. The Hall–Kier alpha value is -3.75. The van der Waals surface area contributed by atoms with Crippen LogP contribution in [0.4, 0.5) is 22.1 Å². The second-order valence-corrected chi connectivity index (χ2v) is 8.97. The van der Waals surface area contributed by atoms with Gasteiger partial charge in [-0.2, -0.15) is 0 Å². The van der Waals surface area contributed by atoms with Crippen LogP contribution in [0.5, 0.6) is 0 Å². The summed E-state index contributed by atoms with van der Waals surface area (Å²) in [4.78, 5) is 43.2. The summed E-state index contributed by atoms with van der Waals surface area (Å²) in [5, 5.41) is 2.91. The first-order valence-electron chi connectivity index (χ1n) is 11.3. The molecule has 0 aromatic carbocycles. The number of ketones is 1. The van der Waals surface area contributed by atoms with Crippen molar-refractivity contribution < 1.29 is 14.0 Å². The molecule has 0 radical (unpaired) electrons. The number of amides is 2. The molecule has 1 saturated heterocycles. The van der Waals surface area contributed by atoms with Crippen LogP contribution in [-0.2, 0) is 0 Å². The molecule has 2 bridgehead atoms. The number of oxazole rings is 1. The summed E-state index contributed by atoms with van der Waals surface area (Å²) < 4.78 is 5.59. The van der Waals surface area contributed by atoms with Gasteiger partial charge in [0.15, 0.2) is 23.3 Å². The van der Waals surface area contributed by atoms with Crippen molar-refractivity contribution in [1.82, 2.24) is 15.0 Å². The van der Waals surface area contributed by atoms with E-state index in [4.69, 9.17) is 4.42 Å². The van der Waals surface area contributed by atoms with E-state index in [-0.39, 0.29) is 17.9 Å². The van der Waals surface area contributed by atoms with Crippen LogP contribution in [0, 0.1) is 12.8 Å². The number of fused-ring (bicyclic) bond motifs is 4. The maximum Gasteiger partial charge on any atom is 0.329 e. The summed E-state index contributed by atoms with van der Waals surface area (Å²) in [5.41, 5.74) is 2.10. The Balaban J connectivity index is 1.29. The molecular weight excluding hydrogens is 420 g/mol. The standard InChI is InChI=1S/C24H24N6O3/c1-14-26-12-21(33-14)16-6-8-25-22(11-16)28-24(32)30-17-7-9-29(13-17)19-5-4-18(27-23(19)30)20(31)10-15-2-3-15/h4-6,8,11-12,15,17H,2-3,7,9-10,13H2,1H3,(H,25,28,32)/t17-/m0/s1. The van der Waals surface area contributed by atoms with Crippen molar-refractivity contribution in [3.63, 3.8) is 0 Å². The third-order valence-corrected chi connectivity index (χ3v) is 6.53. The first-order chi connectivity index (χ1) is 16.0. The number of Topliss-reactive ketones (excluding diaryl/α,β-unsaturated/α-hetero) is 1. The molecule has 1 N–H and O–H groups in total. The first kappa shape index (κ1) is 19.9. The SMILES string of the molecule is Cc1ncc(-c2ccnc(NC(=O)N3c4nc(C(=O)CC5CC5)ccc4N4CC[C@H]3C4)c2)o1. The van der Waals surface area contributed by atoms with Crippen molar-refractivity contribution >= 4 is 29.1 Å². The molecule has 3 aliphatic rings. The van der Waals surface area contributed by atoms with E-state index in [1.807, 2.05) is 6.07 Å². The number of carbonyl (C=O) groups is 2. The Bertz CT molecular complexity index is 1250. The van der Waals surface area contributed by atoms with Crippen LogP contribution in [0.2, 0.25) is 0 Å². The number of aryl methyl sites for hydroxylation is 1. The van der Waals surface area contributed by atoms with Crippen LogP contribution in [0.3, 0.4) is 0 Å². The van der Waals surface area contributed by atoms with E-state index < -0.39 is 0 Å². The molecule has 9 nitrogen and oxygen atoms in total. The number of rotatable bonds is 5. The fraction of sp³-hybridized carbons (Fsp3) is 0.375. The minimum atomic E-state index is -0.305. The number of hydrogen-bond acceptors (Lipinski definition) is 7. The van der Waals surface area contributed by atoms with Gasteiger partial charge in [-0.15, -0.1) is 0 Å². The van der Waals surface area contributed by atoms with Crippen LogP contribution in [0.15, 0.2) is 41.1 Å². The molecule has 6 rings (SSSR count). The van der Waals surface area contributed by atoms with Crippen LogP contribution in [0.25, 0.3) is 11.3 Å². The van der Waals surface area contributed by atoms with Gasteiger partial charge in [-0.3, -0.25) is 15.0 Å². The fourth-order valence-electron chi connectivity index (χ4n) is 4.63. The molecule has 5 heterocycles. The predicted octanol–water partition coefficient (Wildman–Crippen LogP) is 4.05. The van der Waals surface area contributed by atoms with Gasteiger partial charge in [0.2, 0.25) is 0 Å². The lowest BCUT2D eigenvalue weighted by molar-refractivity contribution is 0.0971. The molecule has 0 spiro atoms. The fourth-order valence-corrected chi connectivity index (χ4v) is 4.63. The van der Waals surface area contributed by atoms with Crippen molar-refractivity contribution in [2.24, 2.45) is 5.92 Å². The van der Waals surface area contributed by atoms with Gasteiger partial charge in [0.1, 0.15) is 11.5 Å². The lowest BCUT2D eigenvalue weighted by Crippen LogP contribution is -2.48. The zero-order chi connectivity index (χ0) is 22.5. The molecule has 1 saturated carbocycles. The number of nitrogens with zero attached hydrogens (tertiary/aromatic N) is 5. The Morgan fingerprint density at radius 2 is 2.06 bits per heavy atom. The molecule has 3 aromatic heterocycles. The zero-order valence-corrected chi connectivity index (χ0v) is 18.3. The minimum absolute atomic E-state index is 0.00103.